The van der Waals surface area contributed by atoms with Gasteiger partial charge in [-0.15, -0.1) is 0 Å². The largest absolute Gasteiger partial charge is 0.490 e. The van der Waals surface area contributed by atoms with Crippen LogP contribution in [0.25, 0.3) is 0 Å². The molecule has 112 valence electrons. The molecule has 0 heterocycles. The Kier molecular flexibility index (Phi) is 5.08. The second-order valence-electron chi connectivity index (χ2n) is 4.31. The maximum atomic E-state index is 11.9. The summed E-state index contributed by atoms with van der Waals surface area (Å²) in [4.78, 5) is 0. The third-order valence-corrected chi connectivity index (χ3v) is 4.43. The lowest BCUT2D eigenvalue weighted by Gasteiger charge is -2.10. The van der Waals surface area contributed by atoms with E-state index in [9.17, 15) is 8.42 Å². The molecule has 0 aliphatic carbocycles. The standard InChI is InChI=1S/C14H15BrN2O3S/c15-11-5-7-12(8-6-11)17-21(18,19)10-9-20-14-4-2-1-3-13(14)16/h1-8,17H,9-10,16H2. The van der Waals surface area contributed by atoms with Crippen LogP contribution in [0.5, 0.6) is 5.75 Å². The lowest BCUT2D eigenvalue weighted by atomic mass is 10.3. The topological polar surface area (TPSA) is 81.4 Å². The van der Waals surface area contributed by atoms with Gasteiger partial charge in [0.2, 0.25) is 10.0 Å². The van der Waals surface area contributed by atoms with Crippen molar-refractivity contribution in [2.75, 3.05) is 22.8 Å². The van der Waals surface area contributed by atoms with Crippen LogP contribution in [0.15, 0.2) is 53.0 Å². The summed E-state index contributed by atoms with van der Waals surface area (Å²) in [6, 6.07) is 13.8. The van der Waals surface area contributed by atoms with Crippen LogP contribution in [0, 0.1) is 0 Å². The van der Waals surface area contributed by atoms with Crippen molar-refractivity contribution in [1.82, 2.24) is 0 Å². The third-order valence-electron chi connectivity index (χ3n) is 2.65. The summed E-state index contributed by atoms with van der Waals surface area (Å²) in [6.07, 6.45) is 0. The number of hydrogen-bond donors (Lipinski definition) is 2. The van der Waals surface area contributed by atoms with Crippen LogP contribution in [-0.4, -0.2) is 20.8 Å². The van der Waals surface area contributed by atoms with Gasteiger partial charge in [0.25, 0.3) is 0 Å². The van der Waals surface area contributed by atoms with E-state index in [0.717, 1.165) is 4.47 Å². The van der Waals surface area contributed by atoms with Gasteiger partial charge in [-0.25, -0.2) is 8.42 Å². The van der Waals surface area contributed by atoms with E-state index in [1.54, 1.807) is 48.5 Å². The monoisotopic (exact) mass is 370 g/mol. The van der Waals surface area contributed by atoms with Gasteiger partial charge in [0.1, 0.15) is 18.1 Å². The lowest BCUT2D eigenvalue weighted by molar-refractivity contribution is 0.343. The van der Waals surface area contributed by atoms with E-state index in [0.29, 0.717) is 17.1 Å². The summed E-state index contributed by atoms with van der Waals surface area (Å²) in [5, 5.41) is 0. The Bertz CT molecular complexity index is 702. The SMILES string of the molecule is Nc1ccccc1OCCS(=O)(=O)Nc1ccc(Br)cc1. The van der Waals surface area contributed by atoms with Gasteiger partial charge in [0.15, 0.2) is 0 Å². The number of sulfonamides is 1. The summed E-state index contributed by atoms with van der Waals surface area (Å²) in [6.45, 7) is 0.0279. The van der Waals surface area contributed by atoms with Gasteiger partial charge < -0.3 is 10.5 Å². The molecule has 0 saturated heterocycles. The summed E-state index contributed by atoms with van der Waals surface area (Å²) in [7, 11) is -3.46. The van der Waals surface area contributed by atoms with Gasteiger partial charge >= 0.3 is 0 Å². The van der Waals surface area contributed by atoms with Crippen molar-refractivity contribution in [3.05, 3.63) is 53.0 Å². The Labute approximate surface area is 132 Å². The van der Waals surface area contributed by atoms with Crippen LogP contribution < -0.4 is 15.2 Å². The fraction of sp³-hybridized carbons (Fsp3) is 0.143. The van der Waals surface area contributed by atoms with Crippen molar-refractivity contribution in [3.8, 4) is 5.75 Å². The molecule has 5 nitrogen and oxygen atoms in total. The maximum absolute atomic E-state index is 11.9. The minimum atomic E-state index is -3.46. The van der Waals surface area contributed by atoms with Crippen molar-refractivity contribution >= 4 is 37.3 Å². The van der Waals surface area contributed by atoms with Crippen LogP contribution in [0.3, 0.4) is 0 Å². The molecule has 0 aromatic heterocycles. The van der Waals surface area contributed by atoms with Gasteiger partial charge in [0.05, 0.1) is 5.69 Å². The Morgan fingerprint density at radius 3 is 2.43 bits per heavy atom. The highest BCUT2D eigenvalue weighted by molar-refractivity contribution is 9.10. The lowest BCUT2D eigenvalue weighted by Crippen LogP contribution is -2.21. The van der Waals surface area contributed by atoms with E-state index >= 15 is 0 Å². The van der Waals surface area contributed by atoms with Crippen LogP contribution >= 0.6 is 15.9 Å². The number of rotatable bonds is 6. The number of anilines is 2. The number of nitrogens with one attached hydrogen (secondary N) is 1. The van der Waals surface area contributed by atoms with E-state index in [2.05, 4.69) is 20.7 Å². The molecular weight excluding hydrogens is 356 g/mol. The van der Waals surface area contributed by atoms with Gasteiger partial charge in [0, 0.05) is 10.2 Å². The number of halogens is 1. The Morgan fingerprint density at radius 1 is 1.10 bits per heavy atom. The zero-order chi connectivity index (χ0) is 15.3. The quantitative estimate of drug-likeness (QED) is 0.766. The van der Waals surface area contributed by atoms with E-state index in [4.69, 9.17) is 10.5 Å². The first-order valence-corrected chi connectivity index (χ1v) is 8.64. The summed E-state index contributed by atoms with van der Waals surface area (Å²) in [5.74, 6) is 0.327. The van der Waals surface area contributed by atoms with E-state index in [1.807, 2.05) is 0 Å². The molecule has 0 amide bonds. The highest BCUT2D eigenvalue weighted by Crippen LogP contribution is 2.20. The van der Waals surface area contributed by atoms with Crippen LogP contribution in [-0.2, 0) is 10.0 Å². The minimum Gasteiger partial charge on any atom is -0.490 e. The molecule has 2 rings (SSSR count). The Morgan fingerprint density at radius 2 is 1.76 bits per heavy atom. The van der Waals surface area contributed by atoms with Crippen molar-refractivity contribution in [2.45, 2.75) is 0 Å². The van der Waals surface area contributed by atoms with Gasteiger partial charge in [-0.1, -0.05) is 28.1 Å². The van der Waals surface area contributed by atoms with Crippen molar-refractivity contribution in [3.63, 3.8) is 0 Å². The first-order valence-electron chi connectivity index (χ1n) is 6.20. The molecule has 3 N–H and O–H groups in total. The number of hydrogen-bond acceptors (Lipinski definition) is 4. The number of nitrogens with two attached hydrogens (primary N) is 1. The van der Waals surface area contributed by atoms with Gasteiger partial charge in [-0.3, -0.25) is 4.72 Å². The molecule has 0 bridgehead atoms. The summed E-state index contributed by atoms with van der Waals surface area (Å²) in [5.41, 5.74) is 6.71. The van der Waals surface area contributed by atoms with Crippen LogP contribution in [0.2, 0.25) is 0 Å². The zero-order valence-electron chi connectivity index (χ0n) is 11.1. The smallest absolute Gasteiger partial charge is 0.236 e. The highest BCUT2D eigenvalue weighted by atomic mass is 79.9. The third kappa shape index (κ3) is 4.95. The molecule has 0 saturated carbocycles. The molecule has 2 aromatic carbocycles. The second kappa shape index (κ2) is 6.82. The van der Waals surface area contributed by atoms with Crippen molar-refractivity contribution in [1.29, 1.82) is 0 Å². The average molecular weight is 371 g/mol. The molecule has 0 atom stereocenters. The second-order valence-corrected chi connectivity index (χ2v) is 7.07. The van der Waals surface area contributed by atoms with Crippen molar-refractivity contribution < 1.29 is 13.2 Å². The summed E-state index contributed by atoms with van der Waals surface area (Å²) >= 11 is 3.29. The predicted octanol–water partition coefficient (Wildman–Crippen LogP) is 2.85. The van der Waals surface area contributed by atoms with Gasteiger partial charge in [-0.05, 0) is 36.4 Å². The van der Waals surface area contributed by atoms with E-state index in [-0.39, 0.29) is 12.4 Å². The molecule has 0 unspecified atom stereocenters. The van der Waals surface area contributed by atoms with Gasteiger partial charge in [-0.2, -0.15) is 0 Å². The fourth-order valence-electron chi connectivity index (χ4n) is 1.62. The molecule has 0 spiro atoms. The molecular formula is C14H15BrN2O3S. The molecule has 0 fully saturated rings. The highest BCUT2D eigenvalue weighted by Gasteiger charge is 2.11. The number of ether oxygens (including phenoxy) is 1. The summed E-state index contributed by atoms with van der Waals surface area (Å²) < 4.78 is 32.6. The fourth-order valence-corrected chi connectivity index (χ4v) is 2.79. The molecule has 2 aromatic rings. The molecule has 0 aliphatic heterocycles. The van der Waals surface area contributed by atoms with Crippen LogP contribution in [0.1, 0.15) is 0 Å². The molecule has 7 heteroatoms. The zero-order valence-corrected chi connectivity index (χ0v) is 13.5. The molecule has 0 radical (unpaired) electrons. The molecule has 21 heavy (non-hydrogen) atoms. The first kappa shape index (κ1) is 15.7. The Balaban J connectivity index is 1.90. The Hall–Kier alpha value is -1.73. The van der Waals surface area contributed by atoms with Crippen molar-refractivity contribution in [2.24, 2.45) is 0 Å². The van der Waals surface area contributed by atoms with Crippen LogP contribution in [0.4, 0.5) is 11.4 Å². The number of benzene rings is 2. The first-order chi connectivity index (χ1) is 9.96. The van der Waals surface area contributed by atoms with E-state index < -0.39 is 10.0 Å². The number of para-hydroxylation sites is 2. The van der Waals surface area contributed by atoms with E-state index in [1.165, 1.54) is 0 Å². The minimum absolute atomic E-state index is 0.0279. The number of nitrogen functional groups attached to an aromatic ring is 1. The maximum Gasteiger partial charge on any atom is 0.236 e. The molecule has 0 aliphatic rings. The normalized spacial score (nSPS) is 11.1. The predicted molar refractivity (Wildman–Crippen MR) is 87.9 cm³/mol. The average Bonchev–Trinajstić information content (AvgIpc) is 2.43.